The largest absolute Gasteiger partial charge is 0.481 e. The van der Waals surface area contributed by atoms with Gasteiger partial charge in [-0.05, 0) is 38.0 Å². The molecule has 0 saturated heterocycles. The summed E-state index contributed by atoms with van der Waals surface area (Å²) in [5.74, 6) is -1.26. The van der Waals surface area contributed by atoms with E-state index in [1.165, 1.54) is 12.1 Å². The average molecular weight is 274 g/mol. The topological polar surface area (TPSA) is 62.2 Å². The van der Waals surface area contributed by atoms with Gasteiger partial charge in [-0.15, -0.1) is 0 Å². The van der Waals surface area contributed by atoms with Crippen molar-refractivity contribution in [3.8, 4) is 0 Å². The van der Waals surface area contributed by atoms with Crippen LogP contribution in [0.15, 0.2) is 18.2 Å². The summed E-state index contributed by atoms with van der Waals surface area (Å²) < 4.78 is 13.5. The zero-order valence-corrected chi connectivity index (χ0v) is 11.1. The lowest BCUT2D eigenvalue weighted by Gasteiger charge is -2.16. The van der Waals surface area contributed by atoms with Crippen LogP contribution in [0.1, 0.15) is 24.1 Å². The molecule has 20 heavy (non-hydrogen) atoms. The second kappa shape index (κ2) is 4.74. The van der Waals surface area contributed by atoms with E-state index in [1.807, 2.05) is 0 Å². The van der Waals surface area contributed by atoms with Gasteiger partial charge >= 0.3 is 5.97 Å². The molecule has 0 radical (unpaired) electrons. The summed E-state index contributed by atoms with van der Waals surface area (Å²) in [6.45, 7) is 1.79. The highest BCUT2D eigenvalue weighted by molar-refractivity contribution is 5.95. The molecule has 2 N–H and O–H groups in total. The Morgan fingerprint density at radius 2 is 2.25 bits per heavy atom. The summed E-state index contributed by atoms with van der Waals surface area (Å²) in [7, 11) is 0. The molecule has 0 aliphatic heterocycles. The summed E-state index contributed by atoms with van der Waals surface area (Å²) in [5, 5.41) is 13.0. The van der Waals surface area contributed by atoms with E-state index in [1.54, 1.807) is 13.0 Å². The molecule has 0 amide bonds. The highest BCUT2D eigenvalue weighted by Crippen LogP contribution is 2.34. The first-order valence-corrected chi connectivity index (χ1v) is 6.61. The Kier molecular flexibility index (Phi) is 3.04. The van der Waals surface area contributed by atoms with Crippen LogP contribution in [0, 0.1) is 12.7 Å². The highest BCUT2D eigenvalue weighted by Gasteiger charge is 2.24. The first-order valence-electron chi connectivity index (χ1n) is 6.61. The number of nitrogens with zero attached hydrogens (tertiary/aromatic N) is 1. The van der Waals surface area contributed by atoms with E-state index in [0.29, 0.717) is 28.2 Å². The van der Waals surface area contributed by atoms with Gasteiger partial charge in [0, 0.05) is 28.4 Å². The third kappa shape index (κ3) is 2.43. The molecule has 0 bridgehead atoms. The van der Waals surface area contributed by atoms with Crippen molar-refractivity contribution < 1.29 is 14.3 Å². The van der Waals surface area contributed by atoms with E-state index in [-0.39, 0.29) is 12.2 Å². The molecule has 1 aliphatic rings. The fourth-order valence-corrected chi connectivity index (χ4v) is 2.36. The van der Waals surface area contributed by atoms with Crippen molar-refractivity contribution in [1.29, 1.82) is 0 Å². The second-order valence-corrected chi connectivity index (χ2v) is 5.20. The first kappa shape index (κ1) is 12.8. The molecule has 1 aromatic carbocycles. The highest BCUT2D eigenvalue weighted by atomic mass is 19.1. The molecule has 1 saturated carbocycles. The Morgan fingerprint density at radius 3 is 2.90 bits per heavy atom. The van der Waals surface area contributed by atoms with Crippen LogP contribution in [0.3, 0.4) is 0 Å². The molecular weight excluding hydrogens is 259 g/mol. The molecule has 4 nitrogen and oxygen atoms in total. The zero-order chi connectivity index (χ0) is 14.3. The number of fused-ring (bicyclic) bond motifs is 1. The van der Waals surface area contributed by atoms with Crippen molar-refractivity contribution in [2.45, 2.75) is 32.2 Å². The SMILES string of the molecule is Cc1nc2ccc(F)cc2c(NC2CC2)c1CC(=O)O. The molecular formula is C15H15FN2O2. The van der Waals surface area contributed by atoms with Gasteiger partial charge in [-0.25, -0.2) is 4.39 Å². The van der Waals surface area contributed by atoms with Crippen LogP contribution in [0.4, 0.5) is 10.1 Å². The molecule has 2 aromatic rings. The summed E-state index contributed by atoms with van der Waals surface area (Å²) in [4.78, 5) is 15.4. The summed E-state index contributed by atoms with van der Waals surface area (Å²) >= 11 is 0. The number of aryl methyl sites for hydroxylation is 1. The summed E-state index contributed by atoms with van der Waals surface area (Å²) in [5.41, 5.74) is 2.72. The third-order valence-corrected chi connectivity index (χ3v) is 3.51. The van der Waals surface area contributed by atoms with Crippen molar-refractivity contribution in [3.63, 3.8) is 0 Å². The molecule has 1 aliphatic carbocycles. The molecule has 3 rings (SSSR count). The number of carboxylic acid groups (broad SMARTS) is 1. The van der Waals surface area contributed by atoms with Gasteiger partial charge in [-0.2, -0.15) is 0 Å². The van der Waals surface area contributed by atoms with E-state index in [4.69, 9.17) is 5.11 Å². The van der Waals surface area contributed by atoms with Crippen molar-refractivity contribution >= 4 is 22.6 Å². The van der Waals surface area contributed by atoms with Crippen molar-refractivity contribution in [3.05, 3.63) is 35.3 Å². The summed E-state index contributed by atoms with van der Waals surface area (Å²) in [6.07, 6.45) is 2.01. The number of aliphatic carboxylic acids is 1. The molecule has 1 heterocycles. The van der Waals surface area contributed by atoms with Crippen molar-refractivity contribution in [2.75, 3.05) is 5.32 Å². The minimum absolute atomic E-state index is 0.111. The van der Waals surface area contributed by atoms with Gasteiger partial charge in [0.15, 0.2) is 0 Å². The maximum atomic E-state index is 13.5. The van der Waals surface area contributed by atoms with Gasteiger partial charge in [0.1, 0.15) is 5.82 Å². The minimum atomic E-state index is -0.912. The van der Waals surface area contributed by atoms with E-state index in [9.17, 15) is 9.18 Å². The van der Waals surface area contributed by atoms with Crippen LogP contribution in [0.2, 0.25) is 0 Å². The van der Waals surface area contributed by atoms with Gasteiger partial charge in [-0.1, -0.05) is 0 Å². The Bertz CT molecular complexity index is 696. The molecule has 0 spiro atoms. The third-order valence-electron chi connectivity index (χ3n) is 3.51. The second-order valence-electron chi connectivity index (χ2n) is 5.20. The molecule has 1 aromatic heterocycles. The van der Waals surface area contributed by atoms with E-state index < -0.39 is 5.97 Å². The Balaban J connectivity index is 2.22. The predicted octanol–water partition coefficient (Wildman–Crippen LogP) is 2.88. The van der Waals surface area contributed by atoms with Crippen LogP contribution in [-0.4, -0.2) is 22.1 Å². The Hall–Kier alpha value is -2.17. The molecule has 0 atom stereocenters. The molecule has 104 valence electrons. The Morgan fingerprint density at radius 1 is 1.50 bits per heavy atom. The maximum absolute atomic E-state index is 13.5. The van der Waals surface area contributed by atoms with Crippen LogP contribution < -0.4 is 5.32 Å². The van der Waals surface area contributed by atoms with Crippen molar-refractivity contribution in [2.24, 2.45) is 0 Å². The minimum Gasteiger partial charge on any atom is -0.481 e. The lowest BCUT2D eigenvalue weighted by Crippen LogP contribution is -2.11. The fourth-order valence-electron chi connectivity index (χ4n) is 2.36. The standard InChI is InChI=1S/C15H15FN2O2/c1-8-11(7-14(19)20)15(18-10-3-4-10)12-6-9(16)2-5-13(12)17-8/h2,5-6,10H,3-4,7H2,1H3,(H,17,18)(H,19,20). The van der Waals surface area contributed by atoms with Crippen LogP contribution >= 0.6 is 0 Å². The number of hydrogen-bond acceptors (Lipinski definition) is 3. The summed E-state index contributed by atoms with van der Waals surface area (Å²) in [6, 6.07) is 4.76. The maximum Gasteiger partial charge on any atom is 0.307 e. The number of carbonyl (C=O) groups is 1. The van der Waals surface area contributed by atoms with E-state index >= 15 is 0 Å². The van der Waals surface area contributed by atoms with Gasteiger partial charge in [0.25, 0.3) is 0 Å². The number of aromatic nitrogens is 1. The normalized spacial score (nSPS) is 14.5. The van der Waals surface area contributed by atoms with Gasteiger partial charge in [-0.3, -0.25) is 9.78 Å². The number of hydrogen-bond donors (Lipinski definition) is 2. The quantitative estimate of drug-likeness (QED) is 0.900. The first-order chi connectivity index (χ1) is 9.54. The number of nitrogens with one attached hydrogen (secondary N) is 1. The number of pyridine rings is 1. The van der Waals surface area contributed by atoms with Gasteiger partial charge in [0.05, 0.1) is 11.9 Å². The van der Waals surface area contributed by atoms with Gasteiger partial charge < -0.3 is 10.4 Å². The number of anilines is 1. The van der Waals surface area contributed by atoms with E-state index in [2.05, 4.69) is 10.3 Å². The smallest absolute Gasteiger partial charge is 0.307 e. The predicted molar refractivity (Wildman–Crippen MR) is 74.4 cm³/mol. The average Bonchev–Trinajstić information content (AvgIpc) is 3.18. The molecule has 0 unspecified atom stereocenters. The van der Waals surface area contributed by atoms with Crippen molar-refractivity contribution in [1.82, 2.24) is 4.98 Å². The Labute approximate surface area is 115 Å². The number of halogens is 1. The lowest BCUT2D eigenvalue weighted by molar-refractivity contribution is -0.136. The molecule has 5 heteroatoms. The zero-order valence-electron chi connectivity index (χ0n) is 11.1. The van der Waals surface area contributed by atoms with Crippen LogP contribution in [0.5, 0.6) is 0 Å². The number of carboxylic acids is 1. The lowest BCUT2D eigenvalue weighted by atomic mass is 10.0. The monoisotopic (exact) mass is 274 g/mol. The molecule has 1 fully saturated rings. The van der Waals surface area contributed by atoms with Gasteiger partial charge in [0.2, 0.25) is 0 Å². The van der Waals surface area contributed by atoms with Crippen LogP contribution in [-0.2, 0) is 11.2 Å². The van der Waals surface area contributed by atoms with Crippen LogP contribution in [0.25, 0.3) is 10.9 Å². The fraction of sp³-hybridized carbons (Fsp3) is 0.333. The number of rotatable bonds is 4. The van der Waals surface area contributed by atoms with E-state index in [0.717, 1.165) is 18.5 Å². The number of benzene rings is 1.